The van der Waals surface area contributed by atoms with E-state index in [1.165, 1.54) is 0 Å². The fourth-order valence-corrected chi connectivity index (χ4v) is 4.85. The van der Waals surface area contributed by atoms with E-state index in [0.717, 1.165) is 24.8 Å². The van der Waals surface area contributed by atoms with Gasteiger partial charge in [-0.25, -0.2) is 4.98 Å². The molecule has 2 aromatic heterocycles. The quantitative estimate of drug-likeness (QED) is 0.273. The van der Waals surface area contributed by atoms with Gasteiger partial charge in [-0.05, 0) is 54.8 Å². The van der Waals surface area contributed by atoms with Crippen molar-refractivity contribution in [2.75, 3.05) is 0 Å². The Bertz CT molecular complexity index is 1480. The number of rotatable bonds is 6. The van der Waals surface area contributed by atoms with Crippen LogP contribution < -0.4 is 5.73 Å². The fraction of sp³-hybridized carbons (Fsp3) is 0.192. The van der Waals surface area contributed by atoms with Crippen LogP contribution in [0.5, 0.6) is 0 Å². The van der Waals surface area contributed by atoms with Gasteiger partial charge in [0.05, 0.1) is 10.7 Å². The van der Waals surface area contributed by atoms with E-state index in [0.29, 0.717) is 37.3 Å². The van der Waals surface area contributed by atoms with Gasteiger partial charge in [0.15, 0.2) is 11.9 Å². The Labute approximate surface area is 215 Å². The molecule has 0 saturated heterocycles. The Balaban J connectivity index is 1.82. The summed E-state index contributed by atoms with van der Waals surface area (Å²) < 4.78 is 5.91. The number of carbonyl (C=O) groups excluding carboxylic acids is 2. The Kier molecular flexibility index (Phi) is 6.32. The van der Waals surface area contributed by atoms with Crippen LogP contribution in [0.25, 0.3) is 33.5 Å². The van der Waals surface area contributed by atoms with Crippen LogP contribution in [0, 0.1) is 5.92 Å². The van der Waals surface area contributed by atoms with Gasteiger partial charge >= 0.3 is 0 Å². The molecule has 4 aromatic rings. The van der Waals surface area contributed by atoms with Crippen LogP contribution in [0.1, 0.15) is 41.5 Å². The molecule has 178 valence electrons. The molecule has 1 aliphatic rings. The standard InChI is InChI=1S/C26H19Cl3N2O4/c27-14-6-4-12(5-7-14)17-11-18-20(23(33)25(30)34)24(22(32)13-2-1-3-13)35-26(18)31-21(17)16-9-8-15(28)10-19(16)29/h4-11,13,23,33H,1-3H2,(H2,30,34). The molecule has 0 radical (unpaired) electrons. The second-order valence-electron chi connectivity index (χ2n) is 8.51. The molecule has 9 heteroatoms. The van der Waals surface area contributed by atoms with Crippen molar-refractivity contribution in [2.45, 2.75) is 25.4 Å². The summed E-state index contributed by atoms with van der Waals surface area (Å²) >= 11 is 18.7. The average Bonchev–Trinajstić information content (AvgIpc) is 3.15. The maximum absolute atomic E-state index is 13.1. The van der Waals surface area contributed by atoms with Crippen molar-refractivity contribution in [3.05, 3.63) is 74.9 Å². The number of nitrogens with two attached hydrogens (primary N) is 1. The Hall–Kier alpha value is -2.90. The van der Waals surface area contributed by atoms with Crippen molar-refractivity contribution in [3.63, 3.8) is 0 Å². The zero-order valence-corrected chi connectivity index (χ0v) is 20.5. The molecule has 2 aromatic carbocycles. The van der Waals surface area contributed by atoms with Crippen LogP contribution in [0.15, 0.2) is 52.9 Å². The molecular formula is C26H19Cl3N2O4. The van der Waals surface area contributed by atoms with E-state index in [1.54, 1.807) is 36.4 Å². The predicted molar refractivity (Wildman–Crippen MR) is 136 cm³/mol. The number of halogens is 3. The van der Waals surface area contributed by atoms with E-state index in [2.05, 4.69) is 0 Å². The number of benzene rings is 2. The van der Waals surface area contributed by atoms with Crippen molar-refractivity contribution in [3.8, 4) is 22.4 Å². The first-order valence-corrected chi connectivity index (χ1v) is 12.1. The van der Waals surface area contributed by atoms with Gasteiger partial charge in [-0.2, -0.15) is 0 Å². The highest BCUT2D eigenvalue weighted by Crippen LogP contribution is 2.42. The van der Waals surface area contributed by atoms with Gasteiger partial charge in [-0.1, -0.05) is 53.4 Å². The largest absolute Gasteiger partial charge is 0.434 e. The van der Waals surface area contributed by atoms with Gasteiger partial charge in [0, 0.05) is 38.0 Å². The highest BCUT2D eigenvalue weighted by molar-refractivity contribution is 6.36. The average molecular weight is 530 g/mol. The lowest BCUT2D eigenvalue weighted by Gasteiger charge is -2.23. The summed E-state index contributed by atoms with van der Waals surface area (Å²) in [5.41, 5.74) is 7.97. The molecule has 1 unspecified atom stereocenters. The number of pyridine rings is 1. The van der Waals surface area contributed by atoms with Gasteiger partial charge in [-0.15, -0.1) is 0 Å². The van der Waals surface area contributed by atoms with Crippen molar-refractivity contribution >= 4 is 57.6 Å². The molecule has 1 atom stereocenters. The summed E-state index contributed by atoms with van der Waals surface area (Å²) in [7, 11) is 0. The summed E-state index contributed by atoms with van der Waals surface area (Å²) in [5, 5.41) is 12.4. The molecule has 0 aliphatic heterocycles. The number of aliphatic hydroxyl groups is 1. The summed E-state index contributed by atoms with van der Waals surface area (Å²) in [6.45, 7) is 0. The first kappa shape index (κ1) is 23.8. The monoisotopic (exact) mass is 528 g/mol. The normalized spacial score (nSPS) is 14.6. The number of hydrogen-bond donors (Lipinski definition) is 2. The zero-order valence-electron chi connectivity index (χ0n) is 18.2. The zero-order chi connectivity index (χ0) is 24.9. The van der Waals surface area contributed by atoms with Crippen LogP contribution in [0.2, 0.25) is 15.1 Å². The third-order valence-corrected chi connectivity index (χ3v) is 7.11. The van der Waals surface area contributed by atoms with E-state index in [9.17, 15) is 14.7 Å². The minimum atomic E-state index is -1.74. The fourth-order valence-electron chi connectivity index (χ4n) is 4.23. The lowest BCUT2D eigenvalue weighted by molar-refractivity contribution is -0.126. The number of aliphatic hydroxyl groups excluding tert-OH is 1. The second kappa shape index (κ2) is 9.28. The Morgan fingerprint density at radius 2 is 1.69 bits per heavy atom. The molecule has 0 bridgehead atoms. The number of amides is 1. The van der Waals surface area contributed by atoms with Crippen LogP contribution in [0.4, 0.5) is 0 Å². The lowest BCUT2D eigenvalue weighted by atomic mass is 9.80. The molecule has 1 fully saturated rings. The topological polar surface area (TPSA) is 106 Å². The van der Waals surface area contributed by atoms with Gasteiger partial charge in [0.25, 0.3) is 5.91 Å². The molecule has 1 saturated carbocycles. The van der Waals surface area contributed by atoms with E-state index in [1.807, 2.05) is 12.1 Å². The third kappa shape index (κ3) is 4.32. The van der Waals surface area contributed by atoms with Gasteiger partial charge in [0.2, 0.25) is 11.5 Å². The summed E-state index contributed by atoms with van der Waals surface area (Å²) in [6.07, 6.45) is 0.636. The van der Waals surface area contributed by atoms with E-state index >= 15 is 0 Å². The maximum atomic E-state index is 13.1. The molecule has 2 heterocycles. The molecule has 0 spiro atoms. The lowest BCUT2D eigenvalue weighted by Crippen LogP contribution is -2.26. The van der Waals surface area contributed by atoms with Crippen molar-refractivity contribution in [2.24, 2.45) is 11.7 Å². The number of nitrogens with zero attached hydrogens (tertiary/aromatic N) is 1. The number of Topliss-reactive ketones (excluding diaryl/α,β-unsaturated/α-hetero) is 1. The van der Waals surface area contributed by atoms with Gasteiger partial charge in [0.1, 0.15) is 0 Å². The Morgan fingerprint density at radius 1 is 1.00 bits per heavy atom. The minimum absolute atomic E-state index is 0.0286. The number of hydrogen-bond acceptors (Lipinski definition) is 5. The van der Waals surface area contributed by atoms with E-state index in [-0.39, 0.29) is 28.7 Å². The number of aromatic nitrogens is 1. The first-order valence-electron chi connectivity index (χ1n) is 10.9. The number of fused-ring (bicyclic) bond motifs is 1. The van der Waals surface area contributed by atoms with Crippen LogP contribution >= 0.6 is 34.8 Å². The number of ketones is 1. The number of primary amides is 1. The second-order valence-corrected chi connectivity index (χ2v) is 9.79. The van der Waals surface area contributed by atoms with Crippen LogP contribution in [-0.2, 0) is 4.79 Å². The molecule has 3 N–H and O–H groups in total. The molecule has 35 heavy (non-hydrogen) atoms. The maximum Gasteiger partial charge on any atom is 0.251 e. The van der Waals surface area contributed by atoms with Crippen LogP contribution in [0.3, 0.4) is 0 Å². The minimum Gasteiger partial charge on any atom is -0.434 e. The molecule has 1 amide bonds. The molecule has 5 rings (SSSR count). The smallest absolute Gasteiger partial charge is 0.251 e. The van der Waals surface area contributed by atoms with E-state index < -0.39 is 12.0 Å². The highest BCUT2D eigenvalue weighted by Gasteiger charge is 2.35. The molecular weight excluding hydrogens is 511 g/mol. The molecule has 1 aliphatic carbocycles. The summed E-state index contributed by atoms with van der Waals surface area (Å²) in [5.74, 6) is -1.59. The summed E-state index contributed by atoms with van der Waals surface area (Å²) in [6, 6.07) is 13.8. The predicted octanol–water partition coefficient (Wildman–Crippen LogP) is 6.62. The van der Waals surface area contributed by atoms with Gasteiger partial charge < -0.3 is 15.3 Å². The Morgan fingerprint density at radius 3 is 2.29 bits per heavy atom. The van der Waals surface area contributed by atoms with Gasteiger partial charge in [-0.3, -0.25) is 9.59 Å². The number of furan rings is 1. The van der Waals surface area contributed by atoms with Crippen molar-refractivity contribution in [1.29, 1.82) is 0 Å². The SMILES string of the molecule is NC(=O)C(O)c1c(C(=O)C2CCC2)oc2nc(-c3ccc(Cl)cc3Cl)c(-c3ccc(Cl)cc3)cc12. The van der Waals surface area contributed by atoms with Crippen molar-refractivity contribution < 1.29 is 19.1 Å². The summed E-state index contributed by atoms with van der Waals surface area (Å²) in [4.78, 5) is 29.8. The number of carbonyl (C=O) groups is 2. The van der Waals surface area contributed by atoms with Crippen molar-refractivity contribution in [1.82, 2.24) is 4.98 Å². The van der Waals surface area contributed by atoms with E-state index in [4.69, 9.17) is 49.9 Å². The highest BCUT2D eigenvalue weighted by atomic mass is 35.5. The third-order valence-electron chi connectivity index (χ3n) is 6.31. The van der Waals surface area contributed by atoms with Crippen LogP contribution in [-0.4, -0.2) is 21.8 Å². The first-order chi connectivity index (χ1) is 16.7. The molecule has 6 nitrogen and oxygen atoms in total.